The molecule has 1 aromatic carbocycles. The molecule has 1 aliphatic carbocycles. The van der Waals surface area contributed by atoms with Crippen molar-refractivity contribution in [3.63, 3.8) is 0 Å². The minimum absolute atomic E-state index is 0.0364. The summed E-state index contributed by atoms with van der Waals surface area (Å²) in [5, 5.41) is 0. The third-order valence-electron chi connectivity index (χ3n) is 4.03. The number of nitrogens with one attached hydrogen (secondary N) is 1. The average molecular weight is 326 g/mol. The van der Waals surface area contributed by atoms with Crippen LogP contribution >= 0.6 is 12.2 Å². The van der Waals surface area contributed by atoms with Crippen LogP contribution in [0, 0.1) is 12.8 Å². The van der Waals surface area contributed by atoms with Gasteiger partial charge in [-0.3, -0.25) is 0 Å². The van der Waals surface area contributed by atoms with Gasteiger partial charge < -0.3 is 5.73 Å². The maximum Gasteiger partial charge on any atom is 0.240 e. The highest BCUT2D eigenvalue weighted by molar-refractivity contribution is 7.89. The van der Waals surface area contributed by atoms with Crippen molar-refractivity contribution in [1.29, 1.82) is 0 Å². The molecule has 0 aliphatic heterocycles. The zero-order chi connectivity index (χ0) is 15.6. The zero-order valence-electron chi connectivity index (χ0n) is 12.4. The monoisotopic (exact) mass is 326 g/mol. The Morgan fingerprint density at radius 2 is 2.10 bits per heavy atom. The lowest BCUT2D eigenvalue weighted by molar-refractivity contribution is 0.327. The predicted octanol–water partition coefficient (Wildman–Crippen LogP) is 2.49. The van der Waals surface area contributed by atoms with Crippen LogP contribution < -0.4 is 10.5 Å². The molecule has 0 amide bonds. The Bertz CT molecular complexity index is 641. The highest BCUT2D eigenvalue weighted by atomic mass is 32.2. The molecule has 1 aliphatic rings. The van der Waals surface area contributed by atoms with Crippen LogP contribution in [0.15, 0.2) is 23.1 Å². The van der Waals surface area contributed by atoms with E-state index in [0.717, 1.165) is 30.4 Å². The van der Waals surface area contributed by atoms with Crippen molar-refractivity contribution in [3.05, 3.63) is 29.3 Å². The molecule has 2 atom stereocenters. The molecule has 0 heterocycles. The maximum absolute atomic E-state index is 12.5. The first-order valence-electron chi connectivity index (χ1n) is 7.22. The van der Waals surface area contributed by atoms with Gasteiger partial charge in [0.25, 0.3) is 0 Å². The first-order valence-corrected chi connectivity index (χ1v) is 9.11. The summed E-state index contributed by atoms with van der Waals surface area (Å²) in [5.41, 5.74) is 7.10. The number of rotatable bonds is 4. The molecule has 21 heavy (non-hydrogen) atoms. The van der Waals surface area contributed by atoms with Gasteiger partial charge in [-0.1, -0.05) is 38.0 Å². The fourth-order valence-corrected chi connectivity index (χ4v) is 4.51. The Balaban J connectivity index is 2.19. The summed E-state index contributed by atoms with van der Waals surface area (Å²) >= 11 is 4.94. The molecule has 2 rings (SSSR count). The molecule has 2 unspecified atom stereocenters. The Morgan fingerprint density at radius 3 is 2.67 bits per heavy atom. The van der Waals surface area contributed by atoms with E-state index in [9.17, 15) is 8.42 Å². The lowest BCUT2D eigenvalue weighted by atomic mass is 9.88. The predicted molar refractivity (Wildman–Crippen MR) is 88.8 cm³/mol. The van der Waals surface area contributed by atoms with Gasteiger partial charge in [0.2, 0.25) is 10.0 Å². The quantitative estimate of drug-likeness (QED) is 0.834. The van der Waals surface area contributed by atoms with Gasteiger partial charge in [-0.25, -0.2) is 13.1 Å². The molecule has 0 aromatic heterocycles. The third-order valence-corrected chi connectivity index (χ3v) is 5.77. The summed E-state index contributed by atoms with van der Waals surface area (Å²) in [7, 11) is -3.48. The summed E-state index contributed by atoms with van der Waals surface area (Å²) in [6, 6.07) is 4.91. The number of aryl methyl sites for hydroxylation is 1. The fraction of sp³-hybridized carbons (Fsp3) is 0.533. The molecule has 1 saturated carbocycles. The Morgan fingerprint density at radius 1 is 1.38 bits per heavy atom. The van der Waals surface area contributed by atoms with Crippen LogP contribution in [-0.2, 0) is 10.0 Å². The number of hydrogen-bond donors (Lipinski definition) is 2. The van der Waals surface area contributed by atoms with Crippen molar-refractivity contribution in [2.24, 2.45) is 11.7 Å². The maximum atomic E-state index is 12.5. The normalized spacial score (nSPS) is 23.0. The molecule has 6 heteroatoms. The summed E-state index contributed by atoms with van der Waals surface area (Å²) < 4.78 is 27.8. The summed E-state index contributed by atoms with van der Waals surface area (Å²) in [6.45, 7) is 3.98. The lowest BCUT2D eigenvalue weighted by Crippen LogP contribution is -2.38. The van der Waals surface area contributed by atoms with E-state index in [-0.39, 0.29) is 15.9 Å². The Labute approximate surface area is 132 Å². The molecule has 3 N–H and O–H groups in total. The van der Waals surface area contributed by atoms with Crippen molar-refractivity contribution in [2.75, 3.05) is 0 Å². The van der Waals surface area contributed by atoms with Crippen LogP contribution in [0.3, 0.4) is 0 Å². The van der Waals surface area contributed by atoms with Crippen LogP contribution in [0.2, 0.25) is 0 Å². The number of sulfonamides is 1. The SMILES string of the molecule is Cc1cc(S(=O)(=O)NC2CCCC(C)C2)ccc1C(N)=S. The van der Waals surface area contributed by atoms with Gasteiger partial charge in [0.05, 0.1) is 4.90 Å². The molecule has 0 spiro atoms. The van der Waals surface area contributed by atoms with Gasteiger partial charge in [-0.2, -0.15) is 0 Å². The summed E-state index contributed by atoms with van der Waals surface area (Å²) in [4.78, 5) is 0.559. The van der Waals surface area contributed by atoms with Crippen LogP contribution in [0.5, 0.6) is 0 Å². The van der Waals surface area contributed by atoms with Crippen LogP contribution in [0.4, 0.5) is 0 Å². The van der Waals surface area contributed by atoms with Crippen molar-refractivity contribution in [3.8, 4) is 0 Å². The van der Waals surface area contributed by atoms with Crippen molar-refractivity contribution in [2.45, 2.75) is 50.5 Å². The molecule has 0 saturated heterocycles. The highest BCUT2D eigenvalue weighted by Crippen LogP contribution is 2.25. The molecule has 1 aromatic rings. The number of benzene rings is 1. The van der Waals surface area contributed by atoms with Gasteiger partial charge in [-0.05, 0) is 43.4 Å². The van der Waals surface area contributed by atoms with E-state index in [1.54, 1.807) is 18.2 Å². The Kier molecular flexibility index (Phi) is 5.01. The van der Waals surface area contributed by atoms with Gasteiger partial charge in [-0.15, -0.1) is 0 Å². The Hall–Kier alpha value is -0.980. The molecular formula is C15H22N2O2S2. The van der Waals surface area contributed by atoms with E-state index >= 15 is 0 Å². The minimum Gasteiger partial charge on any atom is -0.389 e. The largest absolute Gasteiger partial charge is 0.389 e. The van der Waals surface area contributed by atoms with E-state index in [2.05, 4.69) is 11.6 Å². The van der Waals surface area contributed by atoms with Crippen LogP contribution in [0.25, 0.3) is 0 Å². The van der Waals surface area contributed by atoms with Crippen molar-refractivity contribution >= 4 is 27.2 Å². The molecule has 0 bridgehead atoms. The van der Waals surface area contributed by atoms with Gasteiger partial charge in [0, 0.05) is 11.6 Å². The van der Waals surface area contributed by atoms with E-state index in [0.29, 0.717) is 5.92 Å². The zero-order valence-corrected chi connectivity index (χ0v) is 14.1. The first kappa shape index (κ1) is 16.4. The standard InChI is InChI=1S/C15H22N2O2S2/c1-10-4-3-5-12(8-10)17-21(18,19)13-6-7-14(15(16)20)11(2)9-13/h6-7,9-10,12,17H,3-5,8H2,1-2H3,(H2,16,20). The summed E-state index contributed by atoms with van der Waals surface area (Å²) in [5.74, 6) is 0.574. The van der Waals surface area contributed by atoms with Crippen molar-refractivity contribution in [1.82, 2.24) is 4.72 Å². The molecular weight excluding hydrogens is 304 g/mol. The minimum atomic E-state index is -3.48. The van der Waals surface area contributed by atoms with E-state index in [1.807, 2.05) is 6.92 Å². The second kappa shape index (κ2) is 6.42. The third kappa shape index (κ3) is 4.02. The van der Waals surface area contributed by atoms with E-state index in [1.165, 1.54) is 6.42 Å². The molecule has 1 fully saturated rings. The molecule has 4 nitrogen and oxygen atoms in total. The van der Waals surface area contributed by atoms with E-state index in [4.69, 9.17) is 18.0 Å². The molecule has 116 valence electrons. The smallest absolute Gasteiger partial charge is 0.240 e. The number of thiocarbonyl (C=S) groups is 1. The fourth-order valence-electron chi connectivity index (χ4n) is 2.91. The summed E-state index contributed by atoms with van der Waals surface area (Å²) in [6.07, 6.45) is 4.07. The topological polar surface area (TPSA) is 72.2 Å². The van der Waals surface area contributed by atoms with Crippen molar-refractivity contribution < 1.29 is 8.42 Å². The number of nitrogens with two attached hydrogens (primary N) is 1. The second-order valence-electron chi connectivity index (χ2n) is 5.93. The average Bonchev–Trinajstić information content (AvgIpc) is 2.37. The van der Waals surface area contributed by atoms with Crippen LogP contribution in [0.1, 0.15) is 43.7 Å². The van der Waals surface area contributed by atoms with E-state index < -0.39 is 10.0 Å². The van der Waals surface area contributed by atoms with Gasteiger partial charge in [0.15, 0.2) is 0 Å². The second-order valence-corrected chi connectivity index (χ2v) is 8.08. The molecule has 0 radical (unpaired) electrons. The lowest BCUT2D eigenvalue weighted by Gasteiger charge is -2.27. The van der Waals surface area contributed by atoms with Gasteiger partial charge in [0.1, 0.15) is 4.99 Å². The highest BCUT2D eigenvalue weighted by Gasteiger charge is 2.25. The van der Waals surface area contributed by atoms with Crippen LogP contribution in [-0.4, -0.2) is 19.4 Å². The first-order chi connectivity index (χ1) is 9.79. The van der Waals surface area contributed by atoms with Gasteiger partial charge >= 0.3 is 0 Å². The number of hydrogen-bond acceptors (Lipinski definition) is 3.